The second-order valence-corrected chi connectivity index (χ2v) is 8.74. The second kappa shape index (κ2) is 10.3. The van der Waals surface area contributed by atoms with Crippen molar-refractivity contribution >= 4 is 68.4 Å². The number of carbonyl (C=O) groups excluding carboxylic acids is 2. The molecule has 5 nitrogen and oxygen atoms in total. The molecule has 0 aliphatic rings. The highest BCUT2D eigenvalue weighted by molar-refractivity contribution is 7.99. The van der Waals surface area contributed by atoms with E-state index in [1.807, 2.05) is 30.3 Å². The Bertz CT molecular complexity index is 1090. The zero-order chi connectivity index (χ0) is 20.8. The molecule has 3 aromatic rings. The second-order valence-electron chi connectivity index (χ2n) is 5.97. The third-order valence-corrected chi connectivity index (χ3v) is 6.71. The Morgan fingerprint density at radius 2 is 1.86 bits per heavy atom. The van der Waals surface area contributed by atoms with E-state index in [-0.39, 0.29) is 24.8 Å². The zero-order valence-electron chi connectivity index (χ0n) is 15.6. The van der Waals surface area contributed by atoms with Gasteiger partial charge in [0.1, 0.15) is 6.54 Å². The highest BCUT2D eigenvalue weighted by Gasteiger charge is 2.16. The van der Waals surface area contributed by atoms with Crippen LogP contribution in [-0.2, 0) is 26.6 Å². The third-order valence-electron chi connectivity index (χ3n) is 3.88. The van der Waals surface area contributed by atoms with Crippen molar-refractivity contribution in [1.82, 2.24) is 4.57 Å². The normalized spacial score (nSPS) is 11.8. The predicted molar refractivity (Wildman–Crippen MR) is 120 cm³/mol. The van der Waals surface area contributed by atoms with Crippen LogP contribution in [0.3, 0.4) is 0 Å². The van der Waals surface area contributed by atoms with Gasteiger partial charge in [0.25, 0.3) is 5.91 Å². The number of hydrogen-bond acceptors (Lipinski definition) is 5. The van der Waals surface area contributed by atoms with E-state index >= 15 is 0 Å². The topological polar surface area (TPSA) is 60.7 Å². The van der Waals surface area contributed by atoms with Gasteiger partial charge in [-0.15, -0.1) is 11.8 Å². The molecular weight excluding hydrogens is 451 g/mol. The molecule has 1 amide bonds. The summed E-state index contributed by atoms with van der Waals surface area (Å²) in [5, 5.41) is 0.914. The maximum atomic E-state index is 12.4. The summed E-state index contributed by atoms with van der Waals surface area (Å²) >= 11 is 15.3. The van der Waals surface area contributed by atoms with Crippen molar-refractivity contribution in [2.45, 2.75) is 19.2 Å². The minimum atomic E-state index is -0.435. The number of ether oxygens (including phenoxy) is 1. The first-order valence-corrected chi connectivity index (χ1v) is 11.5. The van der Waals surface area contributed by atoms with Crippen LogP contribution in [0.2, 0.25) is 10.0 Å². The van der Waals surface area contributed by atoms with Crippen molar-refractivity contribution in [2.75, 3.05) is 12.4 Å². The summed E-state index contributed by atoms with van der Waals surface area (Å²) in [6.07, 6.45) is 0. The first kappa shape index (κ1) is 21.9. The van der Waals surface area contributed by atoms with E-state index in [1.165, 1.54) is 23.1 Å². The van der Waals surface area contributed by atoms with Gasteiger partial charge in [0.2, 0.25) is 0 Å². The first-order valence-electron chi connectivity index (χ1n) is 8.81. The summed E-state index contributed by atoms with van der Waals surface area (Å²) < 4.78 is 7.31. The van der Waals surface area contributed by atoms with Gasteiger partial charge in [-0.1, -0.05) is 64.9 Å². The summed E-state index contributed by atoms with van der Waals surface area (Å²) in [7, 11) is 0. The lowest BCUT2D eigenvalue weighted by Gasteiger charge is -2.06. The number of fused-ring (bicyclic) bond motifs is 1. The van der Waals surface area contributed by atoms with Gasteiger partial charge in [-0.3, -0.25) is 9.59 Å². The van der Waals surface area contributed by atoms with Crippen LogP contribution in [0.5, 0.6) is 0 Å². The smallest absolute Gasteiger partial charge is 0.326 e. The molecular formula is C20H18Cl2N2O3S2. The molecule has 0 saturated heterocycles. The maximum Gasteiger partial charge on any atom is 0.326 e. The van der Waals surface area contributed by atoms with E-state index in [1.54, 1.807) is 23.6 Å². The van der Waals surface area contributed by atoms with Crippen molar-refractivity contribution in [3.05, 3.63) is 62.9 Å². The molecule has 152 valence electrons. The van der Waals surface area contributed by atoms with Crippen molar-refractivity contribution in [2.24, 2.45) is 4.99 Å². The Morgan fingerprint density at radius 1 is 1.14 bits per heavy atom. The molecule has 0 radical (unpaired) electrons. The monoisotopic (exact) mass is 468 g/mol. The van der Waals surface area contributed by atoms with Crippen LogP contribution in [0.15, 0.2) is 47.5 Å². The number of esters is 1. The van der Waals surface area contributed by atoms with Crippen molar-refractivity contribution in [3.63, 3.8) is 0 Å². The molecule has 3 rings (SSSR count). The fourth-order valence-corrected chi connectivity index (χ4v) is 5.08. The zero-order valence-corrected chi connectivity index (χ0v) is 18.7. The van der Waals surface area contributed by atoms with Crippen LogP contribution in [0.25, 0.3) is 10.2 Å². The van der Waals surface area contributed by atoms with Crippen LogP contribution in [0.1, 0.15) is 12.5 Å². The lowest BCUT2D eigenvalue weighted by atomic mass is 10.2. The molecule has 29 heavy (non-hydrogen) atoms. The summed E-state index contributed by atoms with van der Waals surface area (Å²) in [5.74, 6) is 0.219. The van der Waals surface area contributed by atoms with E-state index in [0.29, 0.717) is 25.1 Å². The van der Waals surface area contributed by atoms with Crippen LogP contribution in [0.4, 0.5) is 0 Å². The van der Waals surface area contributed by atoms with Crippen LogP contribution >= 0.6 is 46.3 Å². The number of hydrogen-bond donors (Lipinski definition) is 0. The molecule has 0 spiro atoms. The van der Waals surface area contributed by atoms with Crippen molar-refractivity contribution < 1.29 is 14.3 Å². The largest absolute Gasteiger partial charge is 0.465 e. The van der Waals surface area contributed by atoms with Crippen molar-refractivity contribution in [3.8, 4) is 0 Å². The fraction of sp³-hybridized carbons (Fsp3) is 0.250. The average Bonchev–Trinajstić information content (AvgIpc) is 3.05. The number of benzene rings is 2. The van der Waals surface area contributed by atoms with Gasteiger partial charge in [-0.25, -0.2) is 0 Å². The molecule has 0 N–H and O–H groups in total. The SMILES string of the molecule is CCOC(=O)Cn1c(=NC(=O)CSCc2ccccc2)sc2c(Cl)ccc(Cl)c21. The molecule has 0 atom stereocenters. The summed E-state index contributed by atoms with van der Waals surface area (Å²) in [6, 6.07) is 13.2. The van der Waals surface area contributed by atoms with Crippen molar-refractivity contribution in [1.29, 1.82) is 0 Å². The number of rotatable bonds is 7. The number of amides is 1. The maximum absolute atomic E-state index is 12.4. The Balaban J connectivity index is 1.88. The summed E-state index contributed by atoms with van der Waals surface area (Å²) in [5.41, 5.74) is 1.71. The number of carbonyl (C=O) groups is 2. The van der Waals surface area contributed by atoms with Crippen LogP contribution in [-0.4, -0.2) is 28.8 Å². The van der Waals surface area contributed by atoms with Gasteiger partial charge in [-0.2, -0.15) is 4.99 Å². The van der Waals surface area contributed by atoms with Gasteiger partial charge >= 0.3 is 5.97 Å². The summed E-state index contributed by atoms with van der Waals surface area (Å²) in [4.78, 5) is 29.1. The number of halogens is 2. The molecule has 0 aliphatic carbocycles. The van der Waals surface area contributed by atoms with Gasteiger partial charge < -0.3 is 9.30 Å². The highest BCUT2D eigenvalue weighted by atomic mass is 35.5. The molecule has 0 fully saturated rings. The minimum Gasteiger partial charge on any atom is -0.465 e. The molecule has 1 aromatic heterocycles. The average molecular weight is 469 g/mol. The summed E-state index contributed by atoms with van der Waals surface area (Å²) in [6.45, 7) is 1.89. The van der Waals surface area contributed by atoms with Crippen LogP contribution < -0.4 is 4.80 Å². The number of aromatic nitrogens is 1. The highest BCUT2D eigenvalue weighted by Crippen LogP contribution is 2.32. The number of thioether (sulfide) groups is 1. The van der Waals surface area contributed by atoms with E-state index in [2.05, 4.69) is 4.99 Å². The molecule has 0 aliphatic heterocycles. The number of nitrogens with zero attached hydrogens (tertiary/aromatic N) is 2. The Hall–Kier alpha value is -1.80. The minimum absolute atomic E-state index is 0.100. The van der Waals surface area contributed by atoms with E-state index in [9.17, 15) is 9.59 Å². The van der Waals surface area contributed by atoms with Gasteiger partial charge in [-0.05, 0) is 24.6 Å². The standard InChI is InChI=1S/C20H18Cl2N2O3S2/c1-2-27-17(26)10-24-18-14(21)8-9-15(22)19(18)29-20(24)23-16(25)12-28-11-13-6-4-3-5-7-13/h3-9H,2,10-12H2,1H3. The molecule has 9 heteroatoms. The van der Waals surface area contributed by atoms with Gasteiger partial charge in [0.05, 0.1) is 32.6 Å². The van der Waals surface area contributed by atoms with Crippen LogP contribution in [0, 0.1) is 0 Å². The van der Waals surface area contributed by atoms with E-state index < -0.39 is 5.97 Å². The quantitative estimate of drug-likeness (QED) is 0.461. The lowest BCUT2D eigenvalue weighted by molar-refractivity contribution is -0.143. The molecule has 1 heterocycles. The Morgan fingerprint density at radius 3 is 2.59 bits per heavy atom. The molecule has 0 bridgehead atoms. The first-order chi connectivity index (χ1) is 14.0. The van der Waals surface area contributed by atoms with Gasteiger partial charge in [0, 0.05) is 5.75 Å². The fourth-order valence-electron chi connectivity index (χ4n) is 2.65. The lowest BCUT2D eigenvalue weighted by Crippen LogP contribution is -2.23. The molecule has 0 unspecified atom stereocenters. The van der Waals surface area contributed by atoms with E-state index in [0.717, 1.165) is 11.3 Å². The predicted octanol–water partition coefficient (Wildman–Crippen LogP) is 4.93. The van der Waals surface area contributed by atoms with E-state index in [4.69, 9.17) is 27.9 Å². The molecule has 0 saturated carbocycles. The third kappa shape index (κ3) is 5.63. The Kier molecular flexibility index (Phi) is 7.77. The van der Waals surface area contributed by atoms with Gasteiger partial charge in [0.15, 0.2) is 4.80 Å². The molecule has 2 aromatic carbocycles. The Labute approximate surface area is 186 Å². The number of thiazole rings is 1.